The zero-order valence-corrected chi connectivity index (χ0v) is 12.4. The van der Waals surface area contributed by atoms with Crippen molar-refractivity contribution in [2.24, 2.45) is 5.84 Å². The lowest BCUT2D eigenvalue weighted by molar-refractivity contribution is 0.559. The smallest absolute Gasteiger partial charge is 0.146 e. The van der Waals surface area contributed by atoms with Crippen LogP contribution in [0.15, 0.2) is 32.8 Å². The molecule has 1 atom stereocenters. The molecule has 0 radical (unpaired) electrons. The van der Waals surface area contributed by atoms with Crippen LogP contribution in [0.2, 0.25) is 0 Å². The average molecular weight is 381 g/mol. The maximum atomic E-state index is 13.6. The molecule has 17 heavy (non-hydrogen) atoms. The summed E-state index contributed by atoms with van der Waals surface area (Å²) in [4.78, 5) is 4.63. The molecule has 0 aliphatic heterocycles. The van der Waals surface area contributed by atoms with Gasteiger partial charge in [0.2, 0.25) is 0 Å². The second-order valence-electron chi connectivity index (χ2n) is 3.27. The molecule has 0 aliphatic rings. The Labute approximate surface area is 118 Å². The summed E-state index contributed by atoms with van der Waals surface area (Å²) < 4.78 is 15.5. The second kappa shape index (κ2) is 5.53. The average Bonchev–Trinajstić information content (AvgIpc) is 2.63. The fraction of sp³-hybridized carbons (Fsp3) is 0.100. The summed E-state index contributed by atoms with van der Waals surface area (Å²) in [7, 11) is 0. The topological polar surface area (TPSA) is 50.9 Å². The van der Waals surface area contributed by atoms with E-state index in [2.05, 4.69) is 42.3 Å². The van der Waals surface area contributed by atoms with Crippen LogP contribution in [0.4, 0.5) is 4.39 Å². The lowest BCUT2D eigenvalue weighted by atomic mass is 10.1. The van der Waals surface area contributed by atoms with Crippen LogP contribution in [-0.2, 0) is 0 Å². The van der Waals surface area contributed by atoms with Gasteiger partial charge in [0.1, 0.15) is 5.82 Å². The van der Waals surface area contributed by atoms with Crippen molar-refractivity contribution >= 4 is 43.2 Å². The first-order chi connectivity index (χ1) is 8.13. The second-order valence-corrected chi connectivity index (χ2v) is 6.52. The summed E-state index contributed by atoms with van der Waals surface area (Å²) in [5.74, 6) is 5.13. The first-order valence-corrected chi connectivity index (χ1v) is 7.04. The Kier molecular flexibility index (Phi) is 4.26. The molecule has 2 rings (SSSR count). The summed E-state index contributed by atoms with van der Waals surface area (Å²) in [6.07, 6.45) is 2.72. The number of hydrazine groups is 1. The molecule has 7 heteroatoms. The number of nitrogens with one attached hydrogen (secondary N) is 1. The monoisotopic (exact) mass is 379 g/mol. The molecule has 3 nitrogen and oxygen atoms in total. The van der Waals surface area contributed by atoms with Crippen molar-refractivity contribution in [3.05, 3.63) is 49.0 Å². The highest BCUT2D eigenvalue weighted by Crippen LogP contribution is 2.37. The molecule has 0 saturated carbocycles. The third-order valence-corrected chi connectivity index (χ3v) is 5.55. The minimum absolute atomic E-state index is 0.379. The summed E-state index contributed by atoms with van der Waals surface area (Å²) >= 11 is 8.29. The molecular weight excluding hydrogens is 373 g/mol. The van der Waals surface area contributed by atoms with Gasteiger partial charge in [-0.3, -0.25) is 10.8 Å². The van der Waals surface area contributed by atoms with E-state index in [1.54, 1.807) is 12.3 Å². The van der Waals surface area contributed by atoms with Gasteiger partial charge in [0.25, 0.3) is 0 Å². The molecule has 2 aromatic rings. The van der Waals surface area contributed by atoms with Gasteiger partial charge in [0.05, 0.1) is 16.0 Å². The van der Waals surface area contributed by atoms with Crippen LogP contribution < -0.4 is 11.3 Å². The standard InChI is InChI=1S/C10H8Br2FN3S/c11-6-3-8(17-10(6)12)9(16-14)5-1-2-15-4-7(5)13/h1-4,9,16H,14H2. The number of hydrogen-bond acceptors (Lipinski definition) is 4. The van der Waals surface area contributed by atoms with E-state index in [1.807, 2.05) is 6.07 Å². The number of pyridine rings is 1. The third-order valence-electron chi connectivity index (χ3n) is 2.23. The minimum atomic E-state index is -0.384. The van der Waals surface area contributed by atoms with Crippen molar-refractivity contribution in [1.82, 2.24) is 10.4 Å². The molecule has 0 amide bonds. The van der Waals surface area contributed by atoms with E-state index in [0.29, 0.717) is 5.56 Å². The summed E-state index contributed by atoms with van der Waals surface area (Å²) in [6.45, 7) is 0. The number of aromatic nitrogens is 1. The molecule has 2 heterocycles. The number of halogens is 3. The van der Waals surface area contributed by atoms with Crippen molar-refractivity contribution in [3.63, 3.8) is 0 Å². The number of rotatable bonds is 3. The maximum Gasteiger partial charge on any atom is 0.146 e. The zero-order valence-electron chi connectivity index (χ0n) is 8.45. The van der Waals surface area contributed by atoms with Crippen molar-refractivity contribution < 1.29 is 4.39 Å². The van der Waals surface area contributed by atoms with Crippen molar-refractivity contribution in [2.45, 2.75) is 6.04 Å². The fourth-order valence-electron chi connectivity index (χ4n) is 1.45. The predicted octanol–water partition coefficient (Wildman–Crippen LogP) is 3.36. The lowest BCUT2D eigenvalue weighted by Crippen LogP contribution is -2.28. The highest BCUT2D eigenvalue weighted by Gasteiger charge is 2.19. The van der Waals surface area contributed by atoms with E-state index < -0.39 is 0 Å². The van der Waals surface area contributed by atoms with Crippen LogP contribution in [0.5, 0.6) is 0 Å². The molecule has 90 valence electrons. The van der Waals surface area contributed by atoms with Crippen LogP contribution >= 0.6 is 43.2 Å². The van der Waals surface area contributed by atoms with Crippen LogP contribution in [0.1, 0.15) is 16.5 Å². The SMILES string of the molecule is NNC(c1cc(Br)c(Br)s1)c1ccncc1F. The molecule has 3 N–H and O–H groups in total. The van der Waals surface area contributed by atoms with Gasteiger partial charge >= 0.3 is 0 Å². The van der Waals surface area contributed by atoms with E-state index >= 15 is 0 Å². The van der Waals surface area contributed by atoms with Gasteiger partial charge in [-0.25, -0.2) is 9.82 Å². The summed E-state index contributed by atoms with van der Waals surface area (Å²) in [5, 5.41) is 0. The predicted molar refractivity (Wildman–Crippen MR) is 73.1 cm³/mol. The number of hydrogen-bond donors (Lipinski definition) is 2. The Bertz CT molecular complexity index is 513. The summed E-state index contributed by atoms with van der Waals surface area (Å²) in [5.41, 5.74) is 3.09. The zero-order chi connectivity index (χ0) is 12.4. The van der Waals surface area contributed by atoms with E-state index in [4.69, 9.17) is 5.84 Å². The van der Waals surface area contributed by atoms with Gasteiger partial charge in [-0.15, -0.1) is 11.3 Å². The fourth-order valence-corrected chi connectivity index (χ4v) is 3.62. The van der Waals surface area contributed by atoms with Gasteiger partial charge < -0.3 is 0 Å². The number of thiophene rings is 1. The van der Waals surface area contributed by atoms with Crippen molar-refractivity contribution in [3.8, 4) is 0 Å². The minimum Gasteiger partial charge on any atom is -0.271 e. The van der Waals surface area contributed by atoms with Crippen LogP contribution in [0.25, 0.3) is 0 Å². The van der Waals surface area contributed by atoms with Gasteiger partial charge in [-0.1, -0.05) is 0 Å². The lowest BCUT2D eigenvalue weighted by Gasteiger charge is -2.14. The quantitative estimate of drug-likeness (QED) is 0.634. The van der Waals surface area contributed by atoms with Gasteiger partial charge in [0.15, 0.2) is 0 Å². The Hall–Kier alpha value is -0.340. The van der Waals surface area contributed by atoms with Crippen LogP contribution in [0.3, 0.4) is 0 Å². The third kappa shape index (κ3) is 2.74. The molecule has 0 aromatic carbocycles. The molecule has 2 aromatic heterocycles. The molecular formula is C10H8Br2FN3S. The normalized spacial score (nSPS) is 12.7. The molecule has 0 spiro atoms. The van der Waals surface area contributed by atoms with Gasteiger partial charge in [-0.2, -0.15) is 0 Å². The molecule has 0 aliphatic carbocycles. The number of nitrogens with zero attached hydrogens (tertiary/aromatic N) is 1. The van der Waals surface area contributed by atoms with Crippen LogP contribution in [-0.4, -0.2) is 4.98 Å². The molecule has 0 saturated heterocycles. The molecule has 1 unspecified atom stereocenters. The number of nitrogens with two attached hydrogens (primary N) is 1. The van der Waals surface area contributed by atoms with Crippen molar-refractivity contribution in [1.29, 1.82) is 0 Å². The Morgan fingerprint density at radius 2 is 2.24 bits per heavy atom. The Morgan fingerprint density at radius 3 is 2.76 bits per heavy atom. The Balaban J connectivity index is 2.44. The van der Waals surface area contributed by atoms with E-state index in [-0.39, 0.29) is 11.9 Å². The van der Waals surface area contributed by atoms with E-state index in [0.717, 1.165) is 13.1 Å². The van der Waals surface area contributed by atoms with Crippen LogP contribution in [0, 0.1) is 5.82 Å². The van der Waals surface area contributed by atoms with Crippen molar-refractivity contribution in [2.75, 3.05) is 0 Å². The molecule has 0 bridgehead atoms. The van der Waals surface area contributed by atoms with Gasteiger partial charge in [0, 0.05) is 21.1 Å². The van der Waals surface area contributed by atoms with E-state index in [9.17, 15) is 4.39 Å². The van der Waals surface area contributed by atoms with E-state index in [1.165, 1.54) is 17.5 Å². The molecule has 0 fully saturated rings. The van der Waals surface area contributed by atoms with Gasteiger partial charge in [-0.05, 0) is 44.0 Å². The highest BCUT2D eigenvalue weighted by molar-refractivity contribution is 9.13. The summed E-state index contributed by atoms with van der Waals surface area (Å²) in [6, 6.07) is 3.13. The Morgan fingerprint density at radius 1 is 1.47 bits per heavy atom. The largest absolute Gasteiger partial charge is 0.271 e. The highest BCUT2D eigenvalue weighted by atomic mass is 79.9. The first-order valence-electron chi connectivity index (χ1n) is 4.63. The maximum absolute atomic E-state index is 13.6. The first kappa shape index (κ1) is 13.1.